The molecule has 2 aliphatic heterocycles. The highest BCUT2D eigenvalue weighted by Crippen LogP contribution is 2.42. The average molecular weight is 363 g/mol. The van der Waals surface area contributed by atoms with Gasteiger partial charge >= 0.3 is 6.03 Å². The van der Waals surface area contributed by atoms with Gasteiger partial charge in [0.05, 0.1) is 0 Å². The van der Waals surface area contributed by atoms with E-state index in [1.165, 1.54) is 0 Å². The van der Waals surface area contributed by atoms with Crippen molar-refractivity contribution in [2.24, 2.45) is 5.41 Å². The Kier molecular flexibility index (Phi) is 4.38. The highest BCUT2D eigenvalue weighted by molar-refractivity contribution is 5.97. The minimum Gasteiger partial charge on any atom is -0.324 e. The molecule has 27 heavy (non-hydrogen) atoms. The van der Waals surface area contributed by atoms with Crippen LogP contribution in [0.25, 0.3) is 0 Å². The summed E-state index contributed by atoms with van der Waals surface area (Å²) in [6.07, 6.45) is 1.37. The molecule has 1 atom stereocenters. The fourth-order valence-corrected chi connectivity index (χ4v) is 4.23. The predicted octanol–water partition coefficient (Wildman–Crippen LogP) is 3.96. The first kappa shape index (κ1) is 17.6. The van der Waals surface area contributed by atoms with Crippen molar-refractivity contribution in [1.29, 1.82) is 0 Å². The Morgan fingerprint density at radius 3 is 2.52 bits per heavy atom. The van der Waals surface area contributed by atoms with E-state index in [1.807, 2.05) is 72.2 Å². The van der Waals surface area contributed by atoms with Crippen molar-refractivity contribution in [1.82, 2.24) is 4.90 Å². The van der Waals surface area contributed by atoms with E-state index in [0.29, 0.717) is 26.1 Å². The van der Waals surface area contributed by atoms with E-state index in [2.05, 4.69) is 5.32 Å². The summed E-state index contributed by atoms with van der Waals surface area (Å²) in [5, 5.41) is 2.98. The number of aryl methyl sites for hydroxylation is 2. The summed E-state index contributed by atoms with van der Waals surface area (Å²) in [6, 6.07) is 15.8. The molecule has 4 rings (SSSR count). The normalized spacial score (nSPS) is 21.9. The van der Waals surface area contributed by atoms with Crippen LogP contribution in [-0.4, -0.2) is 36.5 Å². The van der Waals surface area contributed by atoms with Crippen molar-refractivity contribution in [3.63, 3.8) is 0 Å². The Hall–Kier alpha value is -2.82. The quantitative estimate of drug-likeness (QED) is 0.878. The molecule has 2 saturated heterocycles. The summed E-state index contributed by atoms with van der Waals surface area (Å²) < 4.78 is 0. The zero-order valence-electron chi connectivity index (χ0n) is 15.9. The summed E-state index contributed by atoms with van der Waals surface area (Å²) in [7, 11) is 0. The first-order valence-corrected chi connectivity index (χ1v) is 9.44. The van der Waals surface area contributed by atoms with Crippen molar-refractivity contribution < 1.29 is 9.59 Å². The third-order valence-electron chi connectivity index (χ3n) is 5.63. The van der Waals surface area contributed by atoms with Crippen molar-refractivity contribution in [2.45, 2.75) is 26.7 Å². The second-order valence-corrected chi connectivity index (χ2v) is 7.97. The summed E-state index contributed by atoms with van der Waals surface area (Å²) in [4.78, 5) is 29.0. The monoisotopic (exact) mass is 363 g/mol. The van der Waals surface area contributed by atoms with E-state index in [0.717, 1.165) is 28.9 Å². The fraction of sp³-hybridized carbons (Fsp3) is 0.364. The number of nitrogens with zero attached hydrogens (tertiary/aromatic N) is 2. The lowest BCUT2D eigenvalue weighted by Gasteiger charge is -2.24. The molecule has 0 unspecified atom stereocenters. The van der Waals surface area contributed by atoms with Gasteiger partial charge in [0.15, 0.2) is 0 Å². The second-order valence-electron chi connectivity index (χ2n) is 7.97. The van der Waals surface area contributed by atoms with Crippen molar-refractivity contribution in [2.75, 3.05) is 29.9 Å². The van der Waals surface area contributed by atoms with Gasteiger partial charge in [0.25, 0.3) is 0 Å². The van der Waals surface area contributed by atoms with E-state index >= 15 is 0 Å². The summed E-state index contributed by atoms with van der Waals surface area (Å²) in [6.45, 7) is 6.03. The number of hydrogen-bond donors (Lipinski definition) is 1. The number of amides is 3. The molecule has 0 radical (unpaired) electrons. The molecule has 5 heteroatoms. The van der Waals surface area contributed by atoms with Crippen LogP contribution < -0.4 is 10.2 Å². The number of benzene rings is 2. The number of nitrogens with one attached hydrogen (secondary N) is 1. The smallest absolute Gasteiger partial charge is 0.321 e. The minimum atomic E-state index is -0.134. The van der Waals surface area contributed by atoms with Crippen LogP contribution in [0.4, 0.5) is 16.2 Å². The Morgan fingerprint density at radius 1 is 1.04 bits per heavy atom. The maximum absolute atomic E-state index is 12.7. The largest absolute Gasteiger partial charge is 0.324 e. The van der Waals surface area contributed by atoms with Gasteiger partial charge in [-0.25, -0.2) is 4.79 Å². The van der Waals surface area contributed by atoms with Crippen LogP contribution in [0.3, 0.4) is 0 Å². The van der Waals surface area contributed by atoms with Gasteiger partial charge < -0.3 is 15.1 Å². The van der Waals surface area contributed by atoms with Gasteiger partial charge in [0.2, 0.25) is 5.91 Å². The SMILES string of the molecule is Cc1cccc(NC(=O)N2CC[C@@]3(CC(=O)N(c4cccc(C)c4)C3)C2)c1. The Bertz CT molecular complexity index is 895. The lowest BCUT2D eigenvalue weighted by molar-refractivity contribution is -0.117. The van der Waals surface area contributed by atoms with Gasteiger partial charge in [-0.2, -0.15) is 0 Å². The van der Waals surface area contributed by atoms with Crippen molar-refractivity contribution in [3.8, 4) is 0 Å². The highest BCUT2D eigenvalue weighted by Gasteiger charge is 2.48. The van der Waals surface area contributed by atoms with Gasteiger partial charge in [-0.15, -0.1) is 0 Å². The molecule has 1 N–H and O–H groups in total. The molecule has 0 saturated carbocycles. The summed E-state index contributed by atoms with van der Waals surface area (Å²) in [5.74, 6) is 0.154. The summed E-state index contributed by atoms with van der Waals surface area (Å²) >= 11 is 0. The van der Waals surface area contributed by atoms with Crippen molar-refractivity contribution in [3.05, 3.63) is 59.7 Å². The first-order valence-electron chi connectivity index (χ1n) is 9.44. The fourth-order valence-electron chi connectivity index (χ4n) is 4.23. The topological polar surface area (TPSA) is 52.7 Å². The summed E-state index contributed by atoms with van der Waals surface area (Å²) in [5.41, 5.74) is 3.89. The van der Waals surface area contributed by atoms with Crippen LogP contribution >= 0.6 is 0 Å². The van der Waals surface area contributed by atoms with E-state index in [4.69, 9.17) is 0 Å². The Labute approximate surface area is 160 Å². The average Bonchev–Trinajstić information content (AvgIpc) is 3.18. The standard InChI is InChI=1S/C22H25N3O2/c1-16-5-3-7-18(11-16)23-21(27)24-10-9-22(14-24)13-20(26)25(15-22)19-8-4-6-17(2)12-19/h3-8,11-12H,9-10,13-15H2,1-2H3,(H,23,27)/t22-/m1/s1. The molecule has 1 spiro atoms. The molecule has 0 aliphatic carbocycles. The maximum atomic E-state index is 12.7. The molecule has 2 aliphatic rings. The number of anilines is 2. The van der Waals surface area contributed by atoms with Crippen LogP contribution in [0.15, 0.2) is 48.5 Å². The zero-order chi connectivity index (χ0) is 19.0. The Balaban J connectivity index is 1.44. The number of hydrogen-bond acceptors (Lipinski definition) is 2. The van der Waals surface area contributed by atoms with E-state index in [1.54, 1.807) is 0 Å². The molecule has 5 nitrogen and oxygen atoms in total. The maximum Gasteiger partial charge on any atom is 0.321 e. The van der Waals surface area contributed by atoms with Gasteiger partial charge in [0.1, 0.15) is 0 Å². The van der Waals surface area contributed by atoms with E-state index in [-0.39, 0.29) is 17.4 Å². The van der Waals surface area contributed by atoms with Crippen LogP contribution in [0, 0.1) is 19.3 Å². The molecular formula is C22H25N3O2. The van der Waals surface area contributed by atoms with Gasteiger partial charge in [-0.05, 0) is 55.7 Å². The van der Waals surface area contributed by atoms with Crippen LogP contribution in [0.5, 0.6) is 0 Å². The number of carbonyl (C=O) groups excluding carboxylic acids is 2. The zero-order valence-corrected chi connectivity index (χ0v) is 15.9. The van der Waals surface area contributed by atoms with Gasteiger partial charge in [0, 0.05) is 42.8 Å². The third kappa shape index (κ3) is 3.54. The Morgan fingerprint density at radius 2 is 1.78 bits per heavy atom. The van der Waals surface area contributed by atoms with Crippen LogP contribution in [0.2, 0.25) is 0 Å². The highest BCUT2D eigenvalue weighted by atomic mass is 16.2. The van der Waals surface area contributed by atoms with Gasteiger partial charge in [-0.3, -0.25) is 4.79 Å². The molecule has 2 fully saturated rings. The molecule has 0 aromatic heterocycles. The van der Waals surface area contributed by atoms with Crippen LogP contribution in [-0.2, 0) is 4.79 Å². The van der Waals surface area contributed by atoms with E-state index < -0.39 is 0 Å². The molecule has 2 aromatic carbocycles. The molecule has 0 bridgehead atoms. The lowest BCUT2D eigenvalue weighted by Crippen LogP contribution is -2.36. The van der Waals surface area contributed by atoms with Crippen LogP contribution in [0.1, 0.15) is 24.0 Å². The lowest BCUT2D eigenvalue weighted by atomic mass is 9.86. The van der Waals surface area contributed by atoms with Crippen molar-refractivity contribution >= 4 is 23.3 Å². The number of likely N-dealkylation sites (tertiary alicyclic amines) is 1. The van der Waals surface area contributed by atoms with Gasteiger partial charge in [-0.1, -0.05) is 24.3 Å². The molecule has 2 aromatic rings. The molecular weight excluding hydrogens is 338 g/mol. The minimum absolute atomic E-state index is 0.0843. The number of carbonyl (C=O) groups is 2. The third-order valence-corrected chi connectivity index (χ3v) is 5.63. The second kappa shape index (κ2) is 6.72. The number of rotatable bonds is 2. The molecule has 3 amide bonds. The molecule has 140 valence electrons. The predicted molar refractivity (Wildman–Crippen MR) is 107 cm³/mol. The van der Waals surface area contributed by atoms with E-state index in [9.17, 15) is 9.59 Å². The molecule has 2 heterocycles. The number of urea groups is 1. The first-order chi connectivity index (χ1) is 12.9.